The van der Waals surface area contributed by atoms with E-state index in [0.29, 0.717) is 24.2 Å². The van der Waals surface area contributed by atoms with Gasteiger partial charge in [0.1, 0.15) is 0 Å². The summed E-state index contributed by atoms with van der Waals surface area (Å²) >= 11 is 0. The number of esters is 2. The number of methoxy groups -OCH3 is 2. The summed E-state index contributed by atoms with van der Waals surface area (Å²) in [5, 5.41) is 2.88. The number of hydrogen-bond acceptors (Lipinski definition) is 5. The van der Waals surface area contributed by atoms with Crippen LogP contribution in [0.15, 0.2) is 11.1 Å². The van der Waals surface area contributed by atoms with Gasteiger partial charge in [-0.25, -0.2) is 9.59 Å². The van der Waals surface area contributed by atoms with Gasteiger partial charge in [-0.1, -0.05) is 13.8 Å². The van der Waals surface area contributed by atoms with E-state index in [1.165, 1.54) is 14.2 Å². The van der Waals surface area contributed by atoms with Gasteiger partial charge in [-0.3, -0.25) is 0 Å². The minimum absolute atomic E-state index is 0.356. The molecule has 86 valence electrons. The maximum absolute atomic E-state index is 11.1. The van der Waals surface area contributed by atoms with Crippen molar-refractivity contribution in [1.82, 2.24) is 5.32 Å². The molecule has 1 heterocycles. The Balaban J connectivity index is 0.000000921. The van der Waals surface area contributed by atoms with Crippen LogP contribution in [-0.2, 0) is 19.1 Å². The highest BCUT2D eigenvalue weighted by Gasteiger charge is 2.26. The smallest absolute Gasteiger partial charge is 0.335 e. The average Bonchev–Trinajstić information content (AvgIpc) is 2.78. The summed E-state index contributed by atoms with van der Waals surface area (Å²) in [4.78, 5) is 22.2. The second kappa shape index (κ2) is 7.00. The molecule has 0 spiro atoms. The quantitative estimate of drug-likeness (QED) is 0.669. The van der Waals surface area contributed by atoms with Gasteiger partial charge in [-0.2, -0.15) is 0 Å². The molecule has 1 aliphatic rings. The molecule has 0 saturated heterocycles. The summed E-state index contributed by atoms with van der Waals surface area (Å²) in [5.41, 5.74) is 0.712. The van der Waals surface area contributed by atoms with E-state index in [1.807, 2.05) is 13.8 Å². The fraction of sp³-hybridized carbons (Fsp3) is 0.600. The van der Waals surface area contributed by atoms with E-state index < -0.39 is 11.9 Å². The van der Waals surface area contributed by atoms with Gasteiger partial charge in [0.2, 0.25) is 0 Å². The zero-order chi connectivity index (χ0) is 11.8. The Bertz CT molecular complexity index is 245. The Kier molecular flexibility index (Phi) is 6.37. The summed E-state index contributed by atoms with van der Waals surface area (Å²) < 4.78 is 9.03. The number of hydrogen-bond donors (Lipinski definition) is 1. The number of carbonyl (C=O) groups is 2. The van der Waals surface area contributed by atoms with E-state index in [-0.39, 0.29) is 0 Å². The van der Waals surface area contributed by atoms with E-state index in [9.17, 15) is 9.59 Å². The highest BCUT2D eigenvalue weighted by Crippen LogP contribution is 2.12. The van der Waals surface area contributed by atoms with Gasteiger partial charge in [-0.05, 0) is 0 Å². The summed E-state index contributed by atoms with van der Waals surface area (Å²) in [6.07, 6.45) is 0. The Morgan fingerprint density at radius 1 is 1.00 bits per heavy atom. The van der Waals surface area contributed by atoms with Crippen molar-refractivity contribution in [2.75, 3.05) is 27.3 Å². The standard InChI is InChI=1S/C8H11NO4.C2H6/c1-12-7(10)5-3-9-4-6(5)8(11)13-2;1-2/h9H,3-4H2,1-2H3;1-2H3. The lowest BCUT2D eigenvalue weighted by atomic mass is 10.1. The van der Waals surface area contributed by atoms with Crippen LogP contribution in [0.3, 0.4) is 0 Å². The molecule has 0 bridgehead atoms. The zero-order valence-corrected chi connectivity index (χ0v) is 9.55. The molecule has 0 atom stereocenters. The first-order chi connectivity index (χ1) is 7.20. The monoisotopic (exact) mass is 215 g/mol. The third-order valence-electron chi connectivity index (χ3n) is 1.83. The van der Waals surface area contributed by atoms with Crippen LogP contribution in [0.2, 0.25) is 0 Å². The summed E-state index contributed by atoms with van der Waals surface area (Å²) in [6, 6.07) is 0. The SMILES string of the molecule is CC.COC(=O)C1=C(C(=O)OC)CNC1. The number of carbonyl (C=O) groups excluding carboxylic acids is 2. The molecule has 5 nitrogen and oxygen atoms in total. The number of nitrogens with one attached hydrogen (secondary N) is 1. The summed E-state index contributed by atoms with van der Waals surface area (Å²) in [5.74, 6) is -0.962. The van der Waals surface area contributed by atoms with Crippen LogP contribution in [0.25, 0.3) is 0 Å². The summed E-state index contributed by atoms with van der Waals surface area (Å²) in [6.45, 7) is 4.72. The van der Waals surface area contributed by atoms with Crippen molar-refractivity contribution < 1.29 is 19.1 Å². The predicted octanol–water partition coefficient (Wildman–Crippen LogP) is 0.258. The maximum atomic E-state index is 11.1. The van der Waals surface area contributed by atoms with E-state index >= 15 is 0 Å². The lowest BCUT2D eigenvalue weighted by molar-refractivity contribution is -0.139. The Morgan fingerprint density at radius 2 is 1.33 bits per heavy atom. The van der Waals surface area contributed by atoms with Crippen LogP contribution in [-0.4, -0.2) is 39.2 Å². The van der Waals surface area contributed by atoms with Crippen molar-refractivity contribution in [2.45, 2.75) is 13.8 Å². The molecule has 1 N–H and O–H groups in total. The second-order valence-electron chi connectivity index (χ2n) is 2.54. The highest BCUT2D eigenvalue weighted by atomic mass is 16.5. The van der Waals surface area contributed by atoms with E-state index in [0.717, 1.165) is 0 Å². The average molecular weight is 215 g/mol. The molecule has 5 heteroatoms. The molecule has 1 aliphatic heterocycles. The molecule has 0 aromatic rings. The predicted molar refractivity (Wildman–Crippen MR) is 55.3 cm³/mol. The van der Waals surface area contributed by atoms with E-state index in [1.54, 1.807) is 0 Å². The van der Waals surface area contributed by atoms with Gasteiger partial charge in [0.25, 0.3) is 0 Å². The summed E-state index contributed by atoms with van der Waals surface area (Å²) in [7, 11) is 2.56. The van der Waals surface area contributed by atoms with E-state index in [2.05, 4.69) is 14.8 Å². The second-order valence-corrected chi connectivity index (χ2v) is 2.54. The van der Waals surface area contributed by atoms with E-state index in [4.69, 9.17) is 0 Å². The van der Waals surface area contributed by atoms with Crippen LogP contribution in [0, 0.1) is 0 Å². The lowest BCUT2D eigenvalue weighted by Gasteiger charge is -2.01. The molecule has 0 aromatic heterocycles. The fourth-order valence-electron chi connectivity index (χ4n) is 1.16. The third-order valence-corrected chi connectivity index (χ3v) is 1.83. The first kappa shape index (κ1) is 13.6. The molecule has 0 amide bonds. The molecule has 0 saturated carbocycles. The normalized spacial score (nSPS) is 14.1. The van der Waals surface area contributed by atoms with Crippen LogP contribution < -0.4 is 5.32 Å². The van der Waals surface area contributed by atoms with Gasteiger partial charge in [0.15, 0.2) is 0 Å². The third kappa shape index (κ3) is 3.36. The van der Waals surface area contributed by atoms with Gasteiger partial charge in [-0.15, -0.1) is 0 Å². The highest BCUT2D eigenvalue weighted by molar-refractivity contribution is 6.01. The molecule has 0 aromatic carbocycles. The minimum Gasteiger partial charge on any atom is -0.466 e. The number of ether oxygens (including phenoxy) is 2. The fourth-order valence-corrected chi connectivity index (χ4v) is 1.16. The molecular formula is C10H17NO4. The molecule has 0 radical (unpaired) electrons. The molecule has 0 unspecified atom stereocenters. The van der Waals surface area contributed by atoms with Crippen LogP contribution >= 0.6 is 0 Å². The van der Waals surface area contributed by atoms with Crippen LogP contribution in [0.5, 0.6) is 0 Å². The Hall–Kier alpha value is -1.36. The topological polar surface area (TPSA) is 64.6 Å². The molecule has 0 aliphatic carbocycles. The van der Waals surface area contributed by atoms with Gasteiger partial charge < -0.3 is 14.8 Å². The Morgan fingerprint density at radius 3 is 1.60 bits per heavy atom. The molecule has 15 heavy (non-hydrogen) atoms. The minimum atomic E-state index is -0.481. The number of rotatable bonds is 2. The van der Waals surface area contributed by atoms with Crippen molar-refractivity contribution >= 4 is 11.9 Å². The lowest BCUT2D eigenvalue weighted by Crippen LogP contribution is -2.13. The first-order valence-electron chi connectivity index (χ1n) is 4.80. The van der Waals surface area contributed by atoms with Crippen LogP contribution in [0.4, 0.5) is 0 Å². The Labute approximate surface area is 89.4 Å². The molecule has 1 rings (SSSR count). The van der Waals surface area contributed by atoms with Crippen LogP contribution in [0.1, 0.15) is 13.8 Å². The largest absolute Gasteiger partial charge is 0.466 e. The van der Waals surface area contributed by atoms with Gasteiger partial charge in [0, 0.05) is 13.1 Å². The van der Waals surface area contributed by atoms with Gasteiger partial charge >= 0.3 is 11.9 Å². The van der Waals surface area contributed by atoms with Crippen molar-refractivity contribution in [3.8, 4) is 0 Å². The zero-order valence-electron chi connectivity index (χ0n) is 9.55. The molecule has 0 fully saturated rings. The first-order valence-corrected chi connectivity index (χ1v) is 4.80. The maximum Gasteiger partial charge on any atom is 0.335 e. The molecular weight excluding hydrogens is 198 g/mol. The van der Waals surface area contributed by atoms with Crippen molar-refractivity contribution in [1.29, 1.82) is 0 Å². The van der Waals surface area contributed by atoms with Crippen molar-refractivity contribution in [3.05, 3.63) is 11.1 Å². The van der Waals surface area contributed by atoms with Gasteiger partial charge in [0.05, 0.1) is 25.4 Å². The van der Waals surface area contributed by atoms with Crippen molar-refractivity contribution in [3.63, 3.8) is 0 Å². The van der Waals surface area contributed by atoms with Crippen molar-refractivity contribution in [2.24, 2.45) is 0 Å².